The summed E-state index contributed by atoms with van der Waals surface area (Å²) in [5, 5.41) is 2.60. The SMILES string of the molecule is COCNC(=O)Cc1cc[nH]c1. The van der Waals surface area contributed by atoms with Crippen LogP contribution in [0.5, 0.6) is 0 Å². The van der Waals surface area contributed by atoms with E-state index < -0.39 is 0 Å². The van der Waals surface area contributed by atoms with Gasteiger partial charge < -0.3 is 15.0 Å². The van der Waals surface area contributed by atoms with E-state index in [4.69, 9.17) is 4.74 Å². The second-order valence-electron chi connectivity index (χ2n) is 2.43. The van der Waals surface area contributed by atoms with Crippen LogP contribution in [0.4, 0.5) is 0 Å². The van der Waals surface area contributed by atoms with Gasteiger partial charge in [-0.05, 0) is 11.6 Å². The van der Waals surface area contributed by atoms with Gasteiger partial charge in [0.1, 0.15) is 6.73 Å². The molecule has 1 aromatic rings. The first-order valence-corrected chi connectivity index (χ1v) is 3.70. The van der Waals surface area contributed by atoms with E-state index >= 15 is 0 Å². The predicted octanol–water partition coefficient (Wildman–Crippen LogP) is 0.277. The van der Waals surface area contributed by atoms with Crippen LogP contribution in [0.25, 0.3) is 0 Å². The lowest BCUT2D eigenvalue weighted by Crippen LogP contribution is -2.26. The number of methoxy groups -OCH3 is 1. The Kier molecular flexibility index (Phi) is 3.35. The van der Waals surface area contributed by atoms with Gasteiger partial charge in [0.2, 0.25) is 5.91 Å². The molecule has 0 unspecified atom stereocenters. The van der Waals surface area contributed by atoms with E-state index in [1.165, 1.54) is 7.11 Å². The smallest absolute Gasteiger partial charge is 0.226 e. The summed E-state index contributed by atoms with van der Waals surface area (Å²) in [6.45, 7) is 0.267. The number of aromatic nitrogens is 1. The molecule has 0 saturated carbocycles. The molecule has 1 aromatic heterocycles. The van der Waals surface area contributed by atoms with E-state index in [2.05, 4.69) is 10.3 Å². The molecule has 66 valence electrons. The summed E-state index contributed by atoms with van der Waals surface area (Å²) in [4.78, 5) is 13.9. The van der Waals surface area contributed by atoms with Gasteiger partial charge in [-0.15, -0.1) is 0 Å². The van der Waals surface area contributed by atoms with Gasteiger partial charge >= 0.3 is 0 Å². The lowest BCUT2D eigenvalue weighted by atomic mass is 10.2. The molecule has 1 rings (SSSR count). The van der Waals surface area contributed by atoms with Gasteiger partial charge in [-0.25, -0.2) is 0 Å². The predicted molar refractivity (Wildman–Crippen MR) is 44.5 cm³/mol. The van der Waals surface area contributed by atoms with Crippen molar-refractivity contribution >= 4 is 5.91 Å². The van der Waals surface area contributed by atoms with Crippen LogP contribution in [-0.4, -0.2) is 24.7 Å². The van der Waals surface area contributed by atoms with Crippen molar-refractivity contribution in [1.82, 2.24) is 10.3 Å². The van der Waals surface area contributed by atoms with Crippen LogP contribution in [0.1, 0.15) is 5.56 Å². The maximum atomic E-state index is 11.1. The molecule has 4 heteroatoms. The standard InChI is InChI=1S/C8H12N2O2/c1-12-6-10-8(11)4-7-2-3-9-5-7/h2-3,5,9H,4,6H2,1H3,(H,10,11). The van der Waals surface area contributed by atoms with Crippen molar-refractivity contribution in [3.8, 4) is 0 Å². The Hall–Kier alpha value is -1.29. The minimum Gasteiger partial charge on any atom is -0.367 e. The molecule has 0 atom stereocenters. The number of hydrogen-bond acceptors (Lipinski definition) is 2. The van der Waals surface area contributed by atoms with Gasteiger partial charge in [0, 0.05) is 19.5 Å². The fraction of sp³-hybridized carbons (Fsp3) is 0.375. The summed E-state index contributed by atoms with van der Waals surface area (Å²) < 4.78 is 4.69. The zero-order chi connectivity index (χ0) is 8.81. The molecule has 1 amide bonds. The number of rotatable bonds is 4. The van der Waals surface area contributed by atoms with Gasteiger partial charge in [-0.3, -0.25) is 4.79 Å². The zero-order valence-corrected chi connectivity index (χ0v) is 6.96. The van der Waals surface area contributed by atoms with Crippen molar-refractivity contribution in [2.75, 3.05) is 13.8 Å². The molecule has 2 N–H and O–H groups in total. The molecule has 0 aliphatic heterocycles. The Balaban J connectivity index is 2.27. The van der Waals surface area contributed by atoms with E-state index in [9.17, 15) is 4.79 Å². The third kappa shape index (κ3) is 2.75. The molecular weight excluding hydrogens is 156 g/mol. The van der Waals surface area contributed by atoms with Crippen molar-refractivity contribution in [3.63, 3.8) is 0 Å². The zero-order valence-electron chi connectivity index (χ0n) is 6.96. The van der Waals surface area contributed by atoms with Crippen LogP contribution in [0.15, 0.2) is 18.5 Å². The van der Waals surface area contributed by atoms with E-state index in [0.29, 0.717) is 6.42 Å². The van der Waals surface area contributed by atoms with Crippen molar-refractivity contribution < 1.29 is 9.53 Å². The molecule has 4 nitrogen and oxygen atoms in total. The third-order valence-electron chi connectivity index (χ3n) is 1.44. The van der Waals surface area contributed by atoms with Crippen LogP contribution in [0.2, 0.25) is 0 Å². The van der Waals surface area contributed by atoms with Gasteiger partial charge in [-0.1, -0.05) is 0 Å². The average molecular weight is 168 g/mol. The van der Waals surface area contributed by atoms with Crippen LogP contribution >= 0.6 is 0 Å². The molecule has 12 heavy (non-hydrogen) atoms. The summed E-state index contributed by atoms with van der Waals surface area (Å²) >= 11 is 0. The average Bonchev–Trinajstić information content (AvgIpc) is 2.53. The summed E-state index contributed by atoms with van der Waals surface area (Å²) in [5.41, 5.74) is 0.976. The van der Waals surface area contributed by atoms with Gasteiger partial charge in [-0.2, -0.15) is 0 Å². The summed E-state index contributed by atoms with van der Waals surface area (Å²) in [7, 11) is 1.54. The maximum Gasteiger partial charge on any atom is 0.226 e. The normalized spacial score (nSPS) is 9.75. The quantitative estimate of drug-likeness (QED) is 0.634. The minimum absolute atomic E-state index is 0.0311. The van der Waals surface area contributed by atoms with Crippen LogP contribution in [0, 0.1) is 0 Å². The summed E-state index contributed by atoms with van der Waals surface area (Å²) in [5.74, 6) is -0.0311. The van der Waals surface area contributed by atoms with Crippen LogP contribution in [0.3, 0.4) is 0 Å². The topological polar surface area (TPSA) is 54.1 Å². The first-order valence-electron chi connectivity index (χ1n) is 3.70. The molecule has 0 spiro atoms. The van der Waals surface area contributed by atoms with E-state index in [0.717, 1.165) is 5.56 Å². The Labute approximate surface area is 70.9 Å². The number of carbonyl (C=O) groups is 1. The monoisotopic (exact) mass is 168 g/mol. The van der Waals surface area contributed by atoms with E-state index in [1.54, 1.807) is 12.4 Å². The summed E-state index contributed by atoms with van der Waals surface area (Å²) in [6, 6.07) is 1.87. The van der Waals surface area contributed by atoms with Crippen LogP contribution in [-0.2, 0) is 16.0 Å². The number of carbonyl (C=O) groups excluding carboxylic acids is 1. The molecule has 0 aliphatic rings. The highest BCUT2D eigenvalue weighted by molar-refractivity contribution is 5.78. The van der Waals surface area contributed by atoms with Gasteiger partial charge in [0.25, 0.3) is 0 Å². The first kappa shape index (κ1) is 8.80. The second-order valence-corrected chi connectivity index (χ2v) is 2.43. The molecule has 0 fully saturated rings. The molecule has 0 saturated heterocycles. The number of aromatic amines is 1. The fourth-order valence-corrected chi connectivity index (χ4v) is 0.869. The molecule has 0 aliphatic carbocycles. The molecular formula is C8H12N2O2. The van der Waals surface area contributed by atoms with E-state index in [1.807, 2.05) is 6.07 Å². The summed E-state index contributed by atoms with van der Waals surface area (Å²) in [6.07, 6.45) is 3.98. The van der Waals surface area contributed by atoms with Crippen molar-refractivity contribution in [1.29, 1.82) is 0 Å². The Morgan fingerprint density at radius 1 is 1.75 bits per heavy atom. The van der Waals surface area contributed by atoms with Gasteiger partial charge in [0.05, 0.1) is 6.42 Å². The maximum absolute atomic E-state index is 11.1. The van der Waals surface area contributed by atoms with E-state index in [-0.39, 0.29) is 12.6 Å². The number of H-pyrrole nitrogens is 1. The number of ether oxygens (including phenoxy) is 1. The van der Waals surface area contributed by atoms with Crippen molar-refractivity contribution in [2.45, 2.75) is 6.42 Å². The second kappa shape index (κ2) is 4.56. The highest BCUT2D eigenvalue weighted by Gasteiger charge is 2.01. The molecule has 0 bridgehead atoms. The number of amides is 1. The molecule has 0 radical (unpaired) electrons. The number of nitrogens with one attached hydrogen (secondary N) is 2. The fourth-order valence-electron chi connectivity index (χ4n) is 0.869. The molecule has 0 aromatic carbocycles. The van der Waals surface area contributed by atoms with Crippen LogP contribution < -0.4 is 5.32 Å². The largest absolute Gasteiger partial charge is 0.367 e. The van der Waals surface area contributed by atoms with Crippen molar-refractivity contribution in [2.24, 2.45) is 0 Å². The lowest BCUT2D eigenvalue weighted by molar-refractivity contribution is -0.121. The Morgan fingerprint density at radius 3 is 3.17 bits per heavy atom. The first-order chi connectivity index (χ1) is 5.83. The lowest BCUT2D eigenvalue weighted by Gasteiger charge is -2.01. The number of hydrogen-bond donors (Lipinski definition) is 2. The Bertz CT molecular complexity index is 231. The Morgan fingerprint density at radius 2 is 2.58 bits per heavy atom. The van der Waals surface area contributed by atoms with Gasteiger partial charge in [0.15, 0.2) is 0 Å². The highest BCUT2D eigenvalue weighted by atomic mass is 16.5. The van der Waals surface area contributed by atoms with Crippen molar-refractivity contribution in [3.05, 3.63) is 24.0 Å². The third-order valence-corrected chi connectivity index (χ3v) is 1.44. The minimum atomic E-state index is -0.0311. The highest BCUT2D eigenvalue weighted by Crippen LogP contribution is 1.96. The molecule has 1 heterocycles.